The standard InChI is InChI=1S/C17H19ClFNO2/c1-2-3-7-13-16(21)14(17(22-13)20-10-8-9-10)11-5-4-6-12(19)15(11)18/h4-6,10,13,20H,2-3,7-9H2,1H3. The van der Waals surface area contributed by atoms with Crippen molar-refractivity contribution < 1.29 is 13.9 Å². The first-order chi connectivity index (χ1) is 10.6. The average Bonchev–Trinajstić information content (AvgIpc) is 3.26. The Balaban J connectivity index is 1.94. The van der Waals surface area contributed by atoms with Crippen LogP contribution in [0, 0.1) is 5.82 Å². The lowest BCUT2D eigenvalue weighted by atomic mass is 9.98. The van der Waals surface area contributed by atoms with Crippen molar-refractivity contribution >= 4 is 23.0 Å². The van der Waals surface area contributed by atoms with Crippen LogP contribution in [0.3, 0.4) is 0 Å². The lowest BCUT2D eigenvalue weighted by Crippen LogP contribution is -2.20. The molecule has 1 atom stereocenters. The molecule has 0 amide bonds. The van der Waals surface area contributed by atoms with Crippen LogP contribution in [0.2, 0.25) is 5.02 Å². The summed E-state index contributed by atoms with van der Waals surface area (Å²) in [5, 5.41) is 3.21. The van der Waals surface area contributed by atoms with Crippen LogP contribution in [0.5, 0.6) is 0 Å². The van der Waals surface area contributed by atoms with Gasteiger partial charge in [0, 0.05) is 11.6 Å². The Labute approximate surface area is 134 Å². The molecule has 1 N–H and O–H groups in total. The molecule has 3 rings (SSSR count). The monoisotopic (exact) mass is 323 g/mol. The molecule has 1 aliphatic heterocycles. The zero-order chi connectivity index (χ0) is 15.7. The summed E-state index contributed by atoms with van der Waals surface area (Å²) in [4.78, 5) is 12.7. The van der Waals surface area contributed by atoms with Crippen LogP contribution in [0.25, 0.3) is 5.57 Å². The molecule has 0 spiro atoms. The van der Waals surface area contributed by atoms with Gasteiger partial charge in [0.2, 0.25) is 5.78 Å². The average molecular weight is 324 g/mol. The van der Waals surface area contributed by atoms with Gasteiger partial charge in [-0.3, -0.25) is 4.79 Å². The molecule has 1 aliphatic carbocycles. The van der Waals surface area contributed by atoms with E-state index in [1.54, 1.807) is 12.1 Å². The number of halogens is 2. The number of unbranched alkanes of at least 4 members (excludes halogenated alkanes) is 1. The summed E-state index contributed by atoms with van der Waals surface area (Å²) in [5.74, 6) is -0.174. The van der Waals surface area contributed by atoms with Gasteiger partial charge in [0.1, 0.15) is 5.82 Å². The largest absolute Gasteiger partial charge is 0.467 e. The van der Waals surface area contributed by atoms with Gasteiger partial charge in [-0.1, -0.05) is 37.1 Å². The fourth-order valence-corrected chi connectivity index (χ4v) is 2.80. The maximum Gasteiger partial charge on any atom is 0.209 e. The number of ether oxygens (including phenoxy) is 1. The quantitative estimate of drug-likeness (QED) is 0.858. The van der Waals surface area contributed by atoms with E-state index < -0.39 is 11.9 Å². The third-order valence-corrected chi connectivity index (χ3v) is 4.36. The van der Waals surface area contributed by atoms with Crippen LogP contribution in [0.15, 0.2) is 24.1 Å². The molecule has 22 heavy (non-hydrogen) atoms. The molecular weight excluding hydrogens is 305 g/mol. The van der Waals surface area contributed by atoms with E-state index in [1.807, 2.05) is 0 Å². The third-order valence-electron chi connectivity index (χ3n) is 3.98. The number of carbonyl (C=O) groups excluding carboxylic acids is 1. The minimum atomic E-state index is -0.526. The second-order valence-corrected chi connectivity index (χ2v) is 6.22. The highest BCUT2D eigenvalue weighted by molar-refractivity contribution is 6.36. The summed E-state index contributed by atoms with van der Waals surface area (Å²) in [6.07, 6.45) is 4.21. The first-order valence-corrected chi connectivity index (χ1v) is 8.15. The van der Waals surface area contributed by atoms with Gasteiger partial charge in [-0.05, 0) is 31.7 Å². The Morgan fingerprint density at radius 2 is 2.18 bits per heavy atom. The van der Waals surface area contributed by atoms with Crippen molar-refractivity contribution in [3.63, 3.8) is 0 Å². The molecule has 3 nitrogen and oxygen atoms in total. The van der Waals surface area contributed by atoms with Crippen molar-refractivity contribution in [1.82, 2.24) is 5.32 Å². The van der Waals surface area contributed by atoms with E-state index in [0.29, 0.717) is 29.5 Å². The predicted octanol–water partition coefficient (Wildman–Crippen LogP) is 4.06. The van der Waals surface area contributed by atoms with Crippen LogP contribution in [-0.2, 0) is 9.53 Å². The van der Waals surface area contributed by atoms with Crippen LogP contribution < -0.4 is 5.32 Å². The summed E-state index contributed by atoms with van der Waals surface area (Å²) in [5.41, 5.74) is 0.798. The number of hydrogen-bond acceptors (Lipinski definition) is 3. The lowest BCUT2D eigenvalue weighted by molar-refractivity contribution is -0.120. The van der Waals surface area contributed by atoms with Gasteiger partial charge >= 0.3 is 0 Å². The zero-order valence-electron chi connectivity index (χ0n) is 12.5. The Morgan fingerprint density at radius 3 is 2.86 bits per heavy atom. The first-order valence-electron chi connectivity index (χ1n) is 7.78. The molecule has 1 heterocycles. The number of nitrogens with one attached hydrogen (secondary N) is 1. The van der Waals surface area contributed by atoms with Gasteiger partial charge in [0.05, 0.1) is 10.6 Å². The van der Waals surface area contributed by atoms with Crippen molar-refractivity contribution in [3.8, 4) is 0 Å². The van der Waals surface area contributed by atoms with Gasteiger partial charge in [-0.25, -0.2) is 4.39 Å². The molecule has 5 heteroatoms. The summed E-state index contributed by atoms with van der Waals surface area (Å²) in [6, 6.07) is 4.86. The summed E-state index contributed by atoms with van der Waals surface area (Å²) in [7, 11) is 0. The first kappa shape index (κ1) is 15.3. The molecule has 1 saturated carbocycles. The Hall–Kier alpha value is -1.55. The molecule has 1 aromatic rings. The smallest absolute Gasteiger partial charge is 0.209 e. The minimum Gasteiger partial charge on any atom is -0.467 e. The van der Waals surface area contributed by atoms with Gasteiger partial charge in [0.25, 0.3) is 0 Å². The van der Waals surface area contributed by atoms with E-state index in [-0.39, 0.29) is 10.8 Å². The van der Waals surface area contributed by atoms with Crippen molar-refractivity contribution in [2.75, 3.05) is 0 Å². The Kier molecular flexibility index (Phi) is 4.39. The van der Waals surface area contributed by atoms with Crippen LogP contribution in [0.4, 0.5) is 4.39 Å². The second-order valence-electron chi connectivity index (χ2n) is 5.84. The van der Waals surface area contributed by atoms with Gasteiger partial charge in [-0.2, -0.15) is 0 Å². The number of ketones is 1. The number of benzene rings is 1. The summed E-state index contributed by atoms with van der Waals surface area (Å²) in [6.45, 7) is 2.07. The van der Waals surface area contributed by atoms with Crippen LogP contribution in [-0.4, -0.2) is 17.9 Å². The van der Waals surface area contributed by atoms with Crippen LogP contribution >= 0.6 is 11.6 Å². The highest BCUT2D eigenvalue weighted by Crippen LogP contribution is 2.37. The third kappa shape index (κ3) is 2.98. The molecule has 1 unspecified atom stereocenters. The minimum absolute atomic E-state index is 0.0271. The molecule has 0 aromatic heterocycles. The maximum absolute atomic E-state index is 13.7. The number of rotatable bonds is 6. The van der Waals surface area contributed by atoms with E-state index in [2.05, 4.69) is 12.2 Å². The molecular formula is C17H19ClFNO2. The Morgan fingerprint density at radius 1 is 1.41 bits per heavy atom. The molecule has 0 radical (unpaired) electrons. The SMILES string of the molecule is CCCCC1OC(NC2CC2)=C(c2cccc(F)c2Cl)C1=O. The summed E-state index contributed by atoms with van der Waals surface area (Å²) >= 11 is 6.06. The van der Waals surface area contributed by atoms with E-state index in [9.17, 15) is 9.18 Å². The van der Waals surface area contributed by atoms with Crippen molar-refractivity contribution in [2.24, 2.45) is 0 Å². The topological polar surface area (TPSA) is 38.3 Å². The second kappa shape index (κ2) is 6.29. The van der Waals surface area contributed by atoms with E-state index in [1.165, 1.54) is 6.07 Å². The number of hydrogen-bond donors (Lipinski definition) is 1. The Bertz CT molecular complexity index is 625. The van der Waals surface area contributed by atoms with Crippen molar-refractivity contribution in [2.45, 2.75) is 51.2 Å². The van der Waals surface area contributed by atoms with E-state index in [0.717, 1.165) is 25.7 Å². The van der Waals surface area contributed by atoms with Crippen molar-refractivity contribution in [3.05, 3.63) is 40.5 Å². The van der Waals surface area contributed by atoms with Crippen LogP contribution in [0.1, 0.15) is 44.6 Å². The fraction of sp³-hybridized carbons (Fsp3) is 0.471. The fourth-order valence-electron chi connectivity index (χ4n) is 2.58. The molecule has 2 aliphatic rings. The highest BCUT2D eigenvalue weighted by Gasteiger charge is 2.38. The maximum atomic E-state index is 13.7. The molecule has 1 aromatic carbocycles. The van der Waals surface area contributed by atoms with Gasteiger partial charge in [-0.15, -0.1) is 0 Å². The molecule has 118 valence electrons. The predicted molar refractivity (Wildman–Crippen MR) is 83.9 cm³/mol. The van der Waals surface area contributed by atoms with Gasteiger partial charge < -0.3 is 10.1 Å². The van der Waals surface area contributed by atoms with E-state index >= 15 is 0 Å². The molecule has 0 saturated heterocycles. The lowest BCUT2D eigenvalue weighted by Gasteiger charge is -2.11. The van der Waals surface area contributed by atoms with Crippen molar-refractivity contribution in [1.29, 1.82) is 0 Å². The summed E-state index contributed by atoms with van der Waals surface area (Å²) < 4.78 is 19.6. The molecule has 0 bridgehead atoms. The van der Waals surface area contributed by atoms with E-state index in [4.69, 9.17) is 16.3 Å². The van der Waals surface area contributed by atoms with Gasteiger partial charge in [0.15, 0.2) is 12.0 Å². The zero-order valence-corrected chi connectivity index (χ0v) is 13.3. The number of carbonyl (C=O) groups is 1. The molecule has 1 fully saturated rings. The normalized spacial score (nSPS) is 21.2. The highest BCUT2D eigenvalue weighted by atomic mass is 35.5. The number of Topliss-reactive ketones (excluding diaryl/α,β-unsaturated/α-hetero) is 1.